The maximum absolute atomic E-state index is 13.4. The Balaban J connectivity index is 1.14. The first-order chi connectivity index (χ1) is 21.0. The zero-order chi connectivity index (χ0) is 29.8. The van der Waals surface area contributed by atoms with E-state index in [-0.39, 0.29) is 17.6 Å². The summed E-state index contributed by atoms with van der Waals surface area (Å²) in [5.74, 6) is 2.46. The van der Waals surface area contributed by atoms with E-state index in [1.54, 1.807) is 20.3 Å². The summed E-state index contributed by atoms with van der Waals surface area (Å²) in [6, 6.07) is 27.5. The van der Waals surface area contributed by atoms with Crippen molar-refractivity contribution in [2.45, 2.75) is 38.5 Å². The maximum Gasteiger partial charge on any atom is 0.326 e. The second-order valence-electron chi connectivity index (χ2n) is 10.9. The second-order valence-corrected chi connectivity index (χ2v) is 10.9. The van der Waals surface area contributed by atoms with Gasteiger partial charge in [-0.25, -0.2) is 4.79 Å². The zero-order valence-electron chi connectivity index (χ0n) is 24.5. The molecule has 222 valence electrons. The van der Waals surface area contributed by atoms with Gasteiger partial charge in [0.1, 0.15) is 17.3 Å². The van der Waals surface area contributed by atoms with Gasteiger partial charge in [0.2, 0.25) is 0 Å². The fourth-order valence-electron chi connectivity index (χ4n) is 5.97. The molecule has 9 heteroatoms. The SMILES string of the molecule is COc1ccc(OC)c(CN(Cc2ccccc2)Cc2ccc(C(=O)N3CCC(n4c(=O)[nH]c5ccccc54)CC3)o2)c1. The molecule has 3 heterocycles. The van der Waals surface area contributed by atoms with E-state index in [4.69, 9.17) is 13.9 Å². The van der Waals surface area contributed by atoms with Crippen molar-refractivity contribution >= 4 is 16.9 Å². The monoisotopic (exact) mass is 580 g/mol. The molecule has 0 atom stereocenters. The van der Waals surface area contributed by atoms with Crippen LogP contribution in [0.3, 0.4) is 0 Å². The topological polar surface area (TPSA) is 92.9 Å². The van der Waals surface area contributed by atoms with Gasteiger partial charge in [0.25, 0.3) is 5.91 Å². The molecule has 1 aliphatic rings. The smallest absolute Gasteiger partial charge is 0.326 e. The predicted molar refractivity (Wildman–Crippen MR) is 164 cm³/mol. The number of H-pyrrole nitrogens is 1. The van der Waals surface area contributed by atoms with Crippen LogP contribution >= 0.6 is 0 Å². The lowest BCUT2D eigenvalue weighted by atomic mass is 10.0. The van der Waals surface area contributed by atoms with Gasteiger partial charge in [0.05, 0.1) is 31.8 Å². The number of carbonyl (C=O) groups is 1. The average molecular weight is 581 g/mol. The number of nitrogens with one attached hydrogen (secondary N) is 1. The van der Waals surface area contributed by atoms with Crippen LogP contribution in [0.1, 0.15) is 46.3 Å². The third-order valence-electron chi connectivity index (χ3n) is 8.12. The predicted octanol–water partition coefficient (Wildman–Crippen LogP) is 5.62. The van der Waals surface area contributed by atoms with Crippen LogP contribution < -0.4 is 15.2 Å². The molecule has 5 aromatic rings. The number of piperidine rings is 1. The molecule has 2 aromatic heterocycles. The number of furan rings is 1. The van der Waals surface area contributed by atoms with E-state index in [1.807, 2.05) is 76.2 Å². The van der Waals surface area contributed by atoms with Gasteiger partial charge in [-0.2, -0.15) is 0 Å². The van der Waals surface area contributed by atoms with Crippen LogP contribution in [-0.2, 0) is 19.6 Å². The fraction of sp³-hybridized carbons (Fsp3) is 0.294. The van der Waals surface area contributed by atoms with Gasteiger partial charge in [0, 0.05) is 37.8 Å². The molecule has 0 saturated carbocycles. The van der Waals surface area contributed by atoms with Crippen LogP contribution in [0, 0.1) is 0 Å². The summed E-state index contributed by atoms with van der Waals surface area (Å²) in [6.45, 7) is 2.91. The Hall–Kier alpha value is -4.76. The number of nitrogens with zero attached hydrogens (tertiary/aromatic N) is 3. The van der Waals surface area contributed by atoms with Crippen molar-refractivity contribution < 1.29 is 18.7 Å². The number of imidazole rings is 1. The molecule has 1 saturated heterocycles. The van der Waals surface area contributed by atoms with E-state index in [0.717, 1.165) is 28.1 Å². The Labute approximate surface area is 250 Å². The van der Waals surface area contributed by atoms with Crippen molar-refractivity contribution in [1.29, 1.82) is 0 Å². The number of rotatable bonds is 10. The minimum atomic E-state index is -0.125. The summed E-state index contributed by atoms with van der Waals surface area (Å²) in [4.78, 5) is 33.1. The van der Waals surface area contributed by atoms with Crippen LogP contribution in [0.4, 0.5) is 0 Å². The fourth-order valence-corrected chi connectivity index (χ4v) is 5.97. The molecule has 1 N–H and O–H groups in total. The highest BCUT2D eigenvalue weighted by atomic mass is 16.5. The number of fused-ring (bicyclic) bond motifs is 1. The summed E-state index contributed by atoms with van der Waals surface area (Å²) in [7, 11) is 3.32. The van der Waals surface area contributed by atoms with Crippen LogP contribution in [0.2, 0.25) is 0 Å². The number of hydrogen-bond acceptors (Lipinski definition) is 6. The van der Waals surface area contributed by atoms with Gasteiger partial charge >= 0.3 is 5.69 Å². The molecule has 0 radical (unpaired) electrons. The third-order valence-corrected chi connectivity index (χ3v) is 8.12. The highest BCUT2D eigenvalue weighted by molar-refractivity contribution is 5.91. The molecular weight excluding hydrogens is 544 g/mol. The summed E-state index contributed by atoms with van der Waals surface area (Å²) >= 11 is 0. The molecule has 1 fully saturated rings. The molecule has 0 aliphatic carbocycles. The zero-order valence-corrected chi connectivity index (χ0v) is 24.5. The molecule has 3 aromatic carbocycles. The number of hydrogen-bond donors (Lipinski definition) is 1. The highest BCUT2D eigenvalue weighted by Crippen LogP contribution is 2.28. The summed E-state index contributed by atoms with van der Waals surface area (Å²) in [5, 5.41) is 0. The van der Waals surface area contributed by atoms with Gasteiger partial charge in [-0.05, 0) is 60.9 Å². The number of benzene rings is 3. The summed E-state index contributed by atoms with van der Waals surface area (Å²) in [6.07, 6.45) is 1.41. The van der Waals surface area contributed by atoms with Crippen LogP contribution in [0.5, 0.6) is 11.5 Å². The molecule has 43 heavy (non-hydrogen) atoms. The lowest BCUT2D eigenvalue weighted by Crippen LogP contribution is -2.40. The number of methoxy groups -OCH3 is 2. The van der Waals surface area contributed by atoms with Gasteiger partial charge in [-0.3, -0.25) is 14.3 Å². The van der Waals surface area contributed by atoms with E-state index in [1.165, 1.54) is 5.56 Å². The third kappa shape index (κ3) is 6.22. The normalized spacial score (nSPS) is 14.0. The minimum absolute atomic E-state index is 0.0417. The van der Waals surface area contributed by atoms with E-state index in [0.29, 0.717) is 57.1 Å². The number of ether oxygens (including phenoxy) is 2. The van der Waals surface area contributed by atoms with Crippen molar-refractivity contribution in [3.05, 3.63) is 118 Å². The Morgan fingerprint density at radius 3 is 2.44 bits per heavy atom. The van der Waals surface area contributed by atoms with Crippen molar-refractivity contribution in [1.82, 2.24) is 19.4 Å². The number of carbonyl (C=O) groups excluding carboxylic acids is 1. The molecule has 1 amide bonds. The van der Waals surface area contributed by atoms with Gasteiger partial charge in [-0.15, -0.1) is 0 Å². The molecule has 0 unspecified atom stereocenters. The Morgan fingerprint density at radius 1 is 0.907 bits per heavy atom. The van der Waals surface area contributed by atoms with Crippen molar-refractivity contribution in [2.24, 2.45) is 0 Å². The number of aromatic amines is 1. The first-order valence-corrected chi connectivity index (χ1v) is 14.6. The van der Waals surface area contributed by atoms with Crippen molar-refractivity contribution in [3.63, 3.8) is 0 Å². The van der Waals surface area contributed by atoms with Gasteiger partial charge < -0.3 is 23.8 Å². The number of para-hydroxylation sites is 2. The van der Waals surface area contributed by atoms with Crippen LogP contribution in [0.15, 0.2) is 94.1 Å². The molecule has 0 spiro atoms. The van der Waals surface area contributed by atoms with Crippen LogP contribution in [-0.4, -0.2) is 52.6 Å². The number of likely N-dealkylation sites (tertiary alicyclic amines) is 1. The Morgan fingerprint density at radius 2 is 1.67 bits per heavy atom. The van der Waals surface area contributed by atoms with E-state index < -0.39 is 0 Å². The second kappa shape index (κ2) is 12.6. The summed E-state index contributed by atoms with van der Waals surface area (Å²) in [5.41, 5.74) is 3.80. The quantitative estimate of drug-likeness (QED) is 0.231. The standard InChI is InChI=1S/C34H36N4O5/c1-41-27-12-14-31(42-2)25(20-27)22-36(21-24-8-4-3-5-9-24)23-28-13-15-32(43-28)33(39)37-18-16-26(17-19-37)38-30-11-7-6-10-29(30)35-34(38)40/h3-15,20,26H,16-19,21-23H2,1-2H3,(H,35,40). The van der Waals surface area contributed by atoms with Crippen LogP contribution in [0.25, 0.3) is 11.0 Å². The van der Waals surface area contributed by atoms with E-state index >= 15 is 0 Å². The van der Waals surface area contributed by atoms with Crippen molar-refractivity contribution in [2.75, 3.05) is 27.3 Å². The minimum Gasteiger partial charge on any atom is -0.497 e. The van der Waals surface area contributed by atoms with E-state index in [9.17, 15) is 9.59 Å². The number of aromatic nitrogens is 2. The lowest BCUT2D eigenvalue weighted by Gasteiger charge is -2.32. The molecule has 6 rings (SSSR count). The average Bonchev–Trinajstić information content (AvgIpc) is 3.64. The largest absolute Gasteiger partial charge is 0.497 e. The molecule has 0 bridgehead atoms. The first kappa shape index (κ1) is 28.4. The van der Waals surface area contributed by atoms with Gasteiger partial charge in [0.15, 0.2) is 5.76 Å². The molecule has 1 aliphatic heterocycles. The Bertz CT molecular complexity index is 1750. The van der Waals surface area contributed by atoms with E-state index in [2.05, 4.69) is 22.0 Å². The lowest BCUT2D eigenvalue weighted by molar-refractivity contribution is 0.0658. The maximum atomic E-state index is 13.4. The van der Waals surface area contributed by atoms with Crippen molar-refractivity contribution in [3.8, 4) is 11.5 Å². The van der Waals surface area contributed by atoms with Gasteiger partial charge in [-0.1, -0.05) is 42.5 Å². The number of amides is 1. The summed E-state index contributed by atoms with van der Waals surface area (Å²) < 4.78 is 19.1. The Kier molecular flexibility index (Phi) is 8.33. The first-order valence-electron chi connectivity index (χ1n) is 14.6. The highest BCUT2D eigenvalue weighted by Gasteiger charge is 2.28. The molecule has 9 nitrogen and oxygen atoms in total. The molecular formula is C34H36N4O5.